The van der Waals surface area contributed by atoms with Gasteiger partial charge < -0.3 is 14.7 Å². The van der Waals surface area contributed by atoms with Crippen LogP contribution in [0.2, 0.25) is 0 Å². The topological polar surface area (TPSA) is 22.6 Å². The van der Waals surface area contributed by atoms with E-state index in [-0.39, 0.29) is 0 Å². The number of hydrogen-bond acceptors (Lipinski definition) is 4. The van der Waals surface area contributed by atoms with E-state index in [1.807, 2.05) is 24.3 Å². The van der Waals surface area contributed by atoms with E-state index in [4.69, 9.17) is 4.98 Å². The molecule has 10 aromatic rings. The van der Waals surface area contributed by atoms with E-state index in [9.17, 15) is 0 Å². The lowest BCUT2D eigenvalue weighted by molar-refractivity contribution is 1.26. The molecule has 0 spiro atoms. The van der Waals surface area contributed by atoms with Crippen molar-refractivity contribution in [3.8, 4) is 0 Å². The molecule has 0 fully saturated rings. The Morgan fingerprint density at radius 1 is 0.203 bits per heavy atom. The lowest BCUT2D eigenvalue weighted by atomic mass is 10.1. The van der Waals surface area contributed by atoms with Crippen molar-refractivity contribution in [2.24, 2.45) is 0 Å². The van der Waals surface area contributed by atoms with E-state index >= 15 is 0 Å². The minimum Gasteiger partial charge on any atom is -0.311 e. The summed E-state index contributed by atoms with van der Waals surface area (Å²) < 4.78 is 0. The molecule has 0 aliphatic carbocycles. The first kappa shape index (κ1) is 43.6. The quantitative estimate of drug-likeness (QED) is 0.102. The van der Waals surface area contributed by atoms with E-state index < -0.39 is 0 Å². The van der Waals surface area contributed by atoms with Gasteiger partial charge in [-0.2, -0.15) is 0 Å². The normalized spacial score (nSPS) is 11.3. The van der Waals surface area contributed by atoms with Crippen molar-refractivity contribution in [2.75, 3.05) is 14.7 Å². The van der Waals surface area contributed by atoms with Crippen LogP contribution in [0.3, 0.4) is 0 Å². The number of rotatable bonds is 15. The maximum atomic E-state index is 5.13. The van der Waals surface area contributed by atoms with E-state index in [1.54, 1.807) is 0 Å². The fraction of sp³-hybridized carbons (Fsp3) is 0. The van der Waals surface area contributed by atoms with Gasteiger partial charge in [-0.15, -0.1) is 0 Å². The molecule has 0 aliphatic heterocycles. The second-order valence-corrected chi connectivity index (χ2v) is 16.5. The monoisotopic (exact) mass is 886 g/mol. The molecule has 9 aromatic carbocycles. The molecule has 0 saturated carbocycles. The highest BCUT2D eigenvalue weighted by Crippen LogP contribution is 2.37. The number of hydrogen-bond donors (Lipinski definition) is 0. The predicted molar refractivity (Wildman–Crippen MR) is 294 cm³/mol. The molecule has 0 N–H and O–H groups in total. The molecule has 0 amide bonds. The molecular formula is C65H50N4. The fourth-order valence-corrected chi connectivity index (χ4v) is 8.43. The second-order valence-electron chi connectivity index (χ2n) is 16.5. The number of nitrogens with zero attached hydrogens (tertiary/aromatic N) is 4. The fourth-order valence-electron chi connectivity index (χ4n) is 8.43. The molecule has 0 unspecified atom stereocenters. The highest BCUT2D eigenvalue weighted by atomic mass is 15.2. The van der Waals surface area contributed by atoms with E-state index in [0.717, 1.165) is 84.8 Å². The summed E-state index contributed by atoms with van der Waals surface area (Å²) in [5, 5.41) is 0. The molecule has 0 radical (unpaired) electrons. The van der Waals surface area contributed by atoms with Gasteiger partial charge in [-0.25, -0.2) is 4.98 Å². The minimum atomic E-state index is 0.865. The lowest BCUT2D eigenvalue weighted by Gasteiger charge is -2.25. The van der Waals surface area contributed by atoms with Crippen LogP contribution in [0.4, 0.5) is 51.2 Å². The average molecular weight is 887 g/mol. The number of anilines is 9. The van der Waals surface area contributed by atoms with Crippen LogP contribution in [0.25, 0.3) is 36.5 Å². The van der Waals surface area contributed by atoms with Crippen LogP contribution in [0.1, 0.15) is 33.6 Å². The Hall–Kier alpha value is -9.25. The van der Waals surface area contributed by atoms with Gasteiger partial charge in [-0.3, -0.25) is 0 Å². The summed E-state index contributed by atoms with van der Waals surface area (Å²) in [6.45, 7) is 0. The molecule has 4 heteroatoms. The largest absolute Gasteiger partial charge is 0.311 e. The zero-order valence-electron chi connectivity index (χ0n) is 38.2. The number of benzene rings is 9. The third kappa shape index (κ3) is 10.9. The average Bonchev–Trinajstić information content (AvgIpc) is 3.42. The molecule has 10 rings (SSSR count). The van der Waals surface area contributed by atoms with Gasteiger partial charge in [0, 0.05) is 51.2 Å². The lowest BCUT2D eigenvalue weighted by Crippen LogP contribution is -2.09. The number of para-hydroxylation sites is 6. The summed E-state index contributed by atoms with van der Waals surface area (Å²) in [7, 11) is 0. The summed E-state index contributed by atoms with van der Waals surface area (Å²) in [5.74, 6) is 0. The van der Waals surface area contributed by atoms with Crippen molar-refractivity contribution in [2.45, 2.75) is 0 Å². The molecule has 0 atom stereocenters. The molecular weight excluding hydrogens is 837 g/mol. The summed E-state index contributed by atoms with van der Waals surface area (Å²) in [6, 6.07) is 93.3. The van der Waals surface area contributed by atoms with Crippen molar-refractivity contribution in [1.29, 1.82) is 0 Å². The molecule has 4 nitrogen and oxygen atoms in total. The van der Waals surface area contributed by atoms with Gasteiger partial charge in [-0.05, 0) is 156 Å². The zero-order chi connectivity index (χ0) is 46.5. The van der Waals surface area contributed by atoms with Crippen LogP contribution >= 0.6 is 0 Å². The SMILES string of the molecule is C(=C\c1cc(/C=C/c2ccc(N(c3ccccc3)c3ccccc3)cc2)nc(/C=C/c2ccc(N(c3ccccc3)c3ccccc3)cc2)c1)/c1ccc(N(c2ccccc2)c2ccccc2)cc1. The molecule has 0 bridgehead atoms. The molecule has 69 heavy (non-hydrogen) atoms. The molecule has 0 aliphatic rings. The zero-order valence-corrected chi connectivity index (χ0v) is 38.2. The molecule has 1 heterocycles. The summed E-state index contributed by atoms with van der Waals surface area (Å²) >= 11 is 0. The number of aromatic nitrogens is 1. The Balaban J connectivity index is 0.937. The third-order valence-electron chi connectivity index (χ3n) is 11.8. The van der Waals surface area contributed by atoms with Crippen LogP contribution in [0.15, 0.2) is 267 Å². The third-order valence-corrected chi connectivity index (χ3v) is 11.8. The molecule has 1 aromatic heterocycles. The maximum Gasteiger partial charge on any atom is 0.0643 e. The first-order valence-electron chi connectivity index (χ1n) is 23.3. The summed E-state index contributed by atoms with van der Waals surface area (Å²) in [6.07, 6.45) is 12.8. The van der Waals surface area contributed by atoms with Gasteiger partial charge in [0.25, 0.3) is 0 Å². The van der Waals surface area contributed by atoms with Gasteiger partial charge >= 0.3 is 0 Å². The van der Waals surface area contributed by atoms with Gasteiger partial charge in [0.05, 0.1) is 11.4 Å². The Kier molecular flexibility index (Phi) is 13.5. The van der Waals surface area contributed by atoms with Crippen LogP contribution < -0.4 is 14.7 Å². The van der Waals surface area contributed by atoms with Crippen LogP contribution in [-0.4, -0.2) is 4.98 Å². The van der Waals surface area contributed by atoms with Crippen molar-refractivity contribution < 1.29 is 0 Å². The van der Waals surface area contributed by atoms with Gasteiger partial charge in [-0.1, -0.05) is 170 Å². The van der Waals surface area contributed by atoms with Crippen molar-refractivity contribution >= 4 is 87.6 Å². The van der Waals surface area contributed by atoms with Gasteiger partial charge in [0.1, 0.15) is 0 Å². The van der Waals surface area contributed by atoms with Gasteiger partial charge in [0.2, 0.25) is 0 Å². The highest BCUT2D eigenvalue weighted by Gasteiger charge is 2.14. The van der Waals surface area contributed by atoms with Crippen molar-refractivity contribution in [1.82, 2.24) is 4.98 Å². The van der Waals surface area contributed by atoms with E-state index in [1.165, 1.54) is 0 Å². The van der Waals surface area contributed by atoms with E-state index in [0.29, 0.717) is 0 Å². The molecule has 0 saturated heterocycles. The Morgan fingerprint density at radius 2 is 0.406 bits per heavy atom. The van der Waals surface area contributed by atoms with E-state index in [2.05, 4.69) is 294 Å². The van der Waals surface area contributed by atoms with Crippen LogP contribution in [0.5, 0.6) is 0 Å². The van der Waals surface area contributed by atoms with Crippen LogP contribution in [0, 0.1) is 0 Å². The van der Waals surface area contributed by atoms with Crippen molar-refractivity contribution in [3.63, 3.8) is 0 Å². The Labute approximate surface area is 406 Å². The summed E-state index contributed by atoms with van der Waals surface area (Å²) in [5.41, 5.74) is 16.0. The first-order valence-corrected chi connectivity index (χ1v) is 23.3. The number of pyridine rings is 1. The van der Waals surface area contributed by atoms with Gasteiger partial charge in [0.15, 0.2) is 0 Å². The maximum absolute atomic E-state index is 5.13. The summed E-state index contributed by atoms with van der Waals surface area (Å²) in [4.78, 5) is 12.0. The smallest absolute Gasteiger partial charge is 0.0643 e. The first-order chi connectivity index (χ1) is 34.2. The molecule has 330 valence electrons. The minimum absolute atomic E-state index is 0.865. The standard InChI is InChI=1S/C65H50N4/c1-7-19-57(20-8-1)67(58-21-9-2-10-22-58)63-43-35-51(36-44-63)31-32-54-49-55(41-33-52-37-45-64(46-38-52)68(59-23-11-3-12-24-59)60-25-13-4-14-26-60)66-56(50-54)42-34-53-39-47-65(48-40-53)69(61-27-15-5-16-28-61)62-29-17-6-18-30-62/h1-50H/b32-31+,41-33+,42-34+. The Bertz CT molecular complexity index is 2780. The highest BCUT2D eigenvalue weighted by molar-refractivity contribution is 5.82. The van der Waals surface area contributed by atoms with Crippen LogP contribution in [-0.2, 0) is 0 Å². The second kappa shape index (κ2) is 21.4. The Morgan fingerprint density at radius 3 is 0.652 bits per heavy atom. The van der Waals surface area contributed by atoms with Crippen molar-refractivity contribution in [3.05, 3.63) is 301 Å². The predicted octanol–water partition coefficient (Wildman–Crippen LogP) is 18.0.